The van der Waals surface area contributed by atoms with Crippen LogP contribution in [0.5, 0.6) is 0 Å². The molecule has 1 atom stereocenters. The molecule has 0 saturated heterocycles. The van der Waals surface area contributed by atoms with Crippen molar-refractivity contribution < 1.29 is 9.84 Å². The first-order chi connectivity index (χ1) is 8.96. The van der Waals surface area contributed by atoms with Crippen LogP contribution in [0.2, 0.25) is 0 Å². The Morgan fingerprint density at radius 3 is 2.84 bits per heavy atom. The molecule has 110 valence electrons. The summed E-state index contributed by atoms with van der Waals surface area (Å²) < 4.78 is 6.81. The van der Waals surface area contributed by atoms with Crippen LogP contribution in [0.1, 0.15) is 39.1 Å². The van der Waals surface area contributed by atoms with Crippen LogP contribution in [0.3, 0.4) is 0 Å². The number of hydrogen-bond donors (Lipinski definition) is 2. The maximum absolute atomic E-state index is 10.4. The number of aromatic nitrogens is 3. The van der Waals surface area contributed by atoms with Gasteiger partial charge in [-0.3, -0.25) is 0 Å². The van der Waals surface area contributed by atoms with Gasteiger partial charge in [0.1, 0.15) is 12.2 Å². The maximum atomic E-state index is 10.4. The van der Waals surface area contributed by atoms with E-state index in [0.717, 1.165) is 18.9 Å². The molecular formula is C13H26N4O2. The zero-order chi connectivity index (χ0) is 14.3. The SMILES string of the molecule is COCCNCCC(C)(O)Cc1ncnn1C(C)C. The number of rotatable bonds is 9. The molecule has 1 rings (SSSR count). The monoisotopic (exact) mass is 270 g/mol. The molecule has 0 fully saturated rings. The van der Waals surface area contributed by atoms with Crippen molar-refractivity contribution in [2.24, 2.45) is 0 Å². The zero-order valence-electron chi connectivity index (χ0n) is 12.4. The lowest BCUT2D eigenvalue weighted by Gasteiger charge is -2.23. The van der Waals surface area contributed by atoms with E-state index in [2.05, 4.69) is 29.2 Å². The fourth-order valence-corrected chi connectivity index (χ4v) is 1.92. The topological polar surface area (TPSA) is 72.2 Å². The largest absolute Gasteiger partial charge is 0.390 e. The zero-order valence-corrected chi connectivity index (χ0v) is 12.4. The molecule has 0 radical (unpaired) electrons. The van der Waals surface area contributed by atoms with Gasteiger partial charge in [-0.2, -0.15) is 5.10 Å². The van der Waals surface area contributed by atoms with Crippen molar-refractivity contribution in [1.82, 2.24) is 20.1 Å². The molecule has 1 heterocycles. The Kier molecular flexibility index (Phi) is 6.41. The summed E-state index contributed by atoms with van der Waals surface area (Å²) in [7, 11) is 1.68. The second-order valence-electron chi connectivity index (χ2n) is 5.38. The second-order valence-corrected chi connectivity index (χ2v) is 5.38. The summed E-state index contributed by atoms with van der Waals surface area (Å²) in [4.78, 5) is 4.23. The summed E-state index contributed by atoms with van der Waals surface area (Å²) in [5.41, 5.74) is -0.778. The number of nitrogens with one attached hydrogen (secondary N) is 1. The molecule has 6 heteroatoms. The highest BCUT2D eigenvalue weighted by Crippen LogP contribution is 2.16. The molecule has 0 amide bonds. The minimum atomic E-state index is -0.778. The van der Waals surface area contributed by atoms with E-state index in [-0.39, 0.29) is 6.04 Å². The predicted molar refractivity (Wildman–Crippen MR) is 74.1 cm³/mol. The van der Waals surface area contributed by atoms with Crippen LogP contribution >= 0.6 is 0 Å². The van der Waals surface area contributed by atoms with E-state index >= 15 is 0 Å². The van der Waals surface area contributed by atoms with Crippen LogP contribution in [0.15, 0.2) is 6.33 Å². The summed E-state index contributed by atoms with van der Waals surface area (Å²) in [5.74, 6) is 0.830. The van der Waals surface area contributed by atoms with Crippen LogP contribution in [-0.4, -0.2) is 52.3 Å². The standard InChI is InChI=1S/C13H26N4O2/c1-11(2)17-12(15-10-16-17)9-13(3,18)5-6-14-7-8-19-4/h10-11,14,18H,5-9H2,1-4H3. The lowest BCUT2D eigenvalue weighted by Crippen LogP contribution is -2.34. The summed E-state index contributed by atoms with van der Waals surface area (Å²) in [6.07, 6.45) is 2.72. The van der Waals surface area contributed by atoms with Crippen LogP contribution < -0.4 is 5.32 Å². The summed E-state index contributed by atoms with van der Waals surface area (Å²) >= 11 is 0. The molecule has 0 aliphatic carbocycles. The average molecular weight is 270 g/mol. The first kappa shape index (κ1) is 16.1. The van der Waals surface area contributed by atoms with Gasteiger partial charge in [0.15, 0.2) is 0 Å². The van der Waals surface area contributed by atoms with Crippen molar-refractivity contribution >= 4 is 0 Å². The molecule has 0 aromatic carbocycles. The minimum Gasteiger partial charge on any atom is -0.390 e. The Labute approximate surface area is 115 Å². The molecule has 19 heavy (non-hydrogen) atoms. The van der Waals surface area contributed by atoms with Gasteiger partial charge in [0.25, 0.3) is 0 Å². The molecular weight excluding hydrogens is 244 g/mol. The van der Waals surface area contributed by atoms with Gasteiger partial charge in [-0.05, 0) is 33.7 Å². The lowest BCUT2D eigenvalue weighted by molar-refractivity contribution is 0.0476. The van der Waals surface area contributed by atoms with Gasteiger partial charge in [-0.25, -0.2) is 9.67 Å². The van der Waals surface area contributed by atoms with Crippen molar-refractivity contribution in [2.75, 3.05) is 26.8 Å². The van der Waals surface area contributed by atoms with Crippen LogP contribution in [0.4, 0.5) is 0 Å². The highest BCUT2D eigenvalue weighted by molar-refractivity contribution is 4.94. The third-order valence-corrected chi connectivity index (χ3v) is 3.00. The quantitative estimate of drug-likeness (QED) is 0.649. The summed E-state index contributed by atoms with van der Waals surface area (Å²) in [6, 6.07) is 0.258. The Bertz CT molecular complexity index is 363. The van der Waals surface area contributed by atoms with Crippen molar-refractivity contribution in [3.8, 4) is 0 Å². The molecule has 1 aromatic heterocycles. The van der Waals surface area contributed by atoms with E-state index in [1.165, 1.54) is 0 Å². The van der Waals surface area contributed by atoms with E-state index < -0.39 is 5.60 Å². The van der Waals surface area contributed by atoms with E-state index in [9.17, 15) is 5.11 Å². The first-order valence-electron chi connectivity index (χ1n) is 6.76. The van der Waals surface area contributed by atoms with Crippen molar-refractivity contribution in [2.45, 2.75) is 45.3 Å². The number of hydrogen-bond acceptors (Lipinski definition) is 5. The third kappa shape index (κ3) is 5.67. The molecule has 2 N–H and O–H groups in total. The van der Waals surface area contributed by atoms with Crippen LogP contribution in [0.25, 0.3) is 0 Å². The number of aliphatic hydroxyl groups is 1. The van der Waals surface area contributed by atoms with Crippen molar-refractivity contribution in [3.05, 3.63) is 12.2 Å². The van der Waals surface area contributed by atoms with E-state index in [1.807, 2.05) is 11.6 Å². The normalized spacial score (nSPS) is 14.8. The minimum absolute atomic E-state index is 0.258. The molecule has 0 saturated carbocycles. The van der Waals surface area contributed by atoms with Gasteiger partial charge in [0.05, 0.1) is 12.2 Å². The average Bonchev–Trinajstić information content (AvgIpc) is 2.76. The fraction of sp³-hybridized carbons (Fsp3) is 0.846. The Balaban J connectivity index is 2.42. The molecule has 0 aliphatic heterocycles. The van der Waals surface area contributed by atoms with Crippen LogP contribution in [-0.2, 0) is 11.2 Å². The Morgan fingerprint density at radius 1 is 1.47 bits per heavy atom. The highest BCUT2D eigenvalue weighted by Gasteiger charge is 2.23. The molecule has 1 aromatic rings. The fourth-order valence-electron chi connectivity index (χ4n) is 1.92. The summed E-state index contributed by atoms with van der Waals surface area (Å²) in [6.45, 7) is 8.19. The summed E-state index contributed by atoms with van der Waals surface area (Å²) in [5, 5.41) is 17.8. The first-order valence-corrected chi connectivity index (χ1v) is 6.76. The lowest BCUT2D eigenvalue weighted by atomic mass is 9.97. The van der Waals surface area contributed by atoms with Crippen LogP contribution in [0, 0.1) is 0 Å². The van der Waals surface area contributed by atoms with Gasteiger partial charge in [-0.15, -0.1) is 0 Å². The van der Waals surface area contributed by atoms with E-state index in [0.29, 0.717) is 19.4 Å². The predicted octanol–water partition coefficient (Wildman–Crippen LogP) is 0.779. The molecule has 0 spiro atoms. The van der Waals surface area contributed by atoms with Crippen molar-refractivity contribution in [3.63, 3.8) is 0 Å². The van der Waals surface area contributed by atoms with Crippen molar-refractivity contribution in [1.29, 1.82) is 0 Å². The molecule has 6 nitrogen and oxygen atoms in total. The van der Waals surface area contributed by atoms with Gasteiger partial charge in [-0.1, -0.05) is 0 Å². The smallest absolute Gasteiger partial charge is 0.138 e. The van der Waals surface area contributed by atoms with Gasteiger partial charge in [0.2, 0.25) is 0 Å². The number of methoxy groups -OCH3 is 1. The number of nitrogens with zero attached hydrogens (tertiary/aromatic N) is 3. The Morgan fingerprint density at radius 2 is 2.21 bits per heavy atom. The molecule has 0 aliphatic rings. The molecule has 0 bridgehead atoms. The van der Waals surface area contributed by atoms with E-state index in [4.69, 9.17) is 4.74 Å². The Hall–Kier alpha value is -0.980. The van der Waals surface area contributed by atoms with Gasteiger partial charge in [0, 0.05) is 26.1 Å². The maximum Gasteiger partial charge on any atom is 0.138 e. The molecule has 1 unspecified atom stereocenters. The third-order valence-electron chi connectivity index (χ3n) is 3.00. The van der Waals surface area contributed by atoms with Gasteiger partial charge < -0.3 is 15.2 Å². The highest BCUT2D eigenvalue weighted by atomic mass is 16.5. The second kappa shape index (κ2) is 7.57. The number of ether oxygens (including phenoxy) is 1. The van der Waals surface area contributed by atoms with Gasteiger partial charge >= 0.3 is 0 Å². The van der Waals surface area contributed by atoms with E-state index in [1.54, 1.807) is 13.4 Å².